The summed E-state index contributed by atoms with van der Waals surface area (Å²) in [7, 11) is 3.64. The minimum atomic E-state index is 0.0273. The number of likely N-dealkylation sites (N-methyl/N-ethyl adjacent to an activating group) is 2. The van der Waals surface area contributed by atoms with Gasteiger partial charge in [0.25, 0.3) is 0 Å². The van der Waals surface area contributed by atoms with Crippen LogP contribution in [0.3, 0.4) is 0 Å². The van der Waals surface area contributed by atoms with Crippen LogP contribution in [0, 0.1) is 0 Å². The van der Waals surface area contributed by atoms with Gasteiger partial charge in [0, 0.05) is 19.1 Å². The number of amides is 1. The summed E-state index contributed by atoms with van der Waals surface area (Å²) < 4.78 is 0. The Labute approximate surface area is 86.5 Å². The van der Waals surface area contributed by atoms with E-state index in [1.54, 1.807) is 11.9 Å². The van der Waals surface area contributed by atoms with Crippen LogP contribution < -0.4 is 0 Å². The SMILES string of the molecule is CC(CO)N(C)CC(=O)N(C)C(C)C. The monoisotopic (exact) mass is 202 g/mol. The molecule has 0 aliphatic carbocycles. The maximum atomic E-state index is 11.6. The van der Waals surface area contributed by atoms with Gasteiger partial charge in [0.1, 0.15) is 0 Å². The average Bonchev–Trinajstić information content (AvgIpc) is 2.14. The molecule has 0 saturated carbocycles. The molecule has 4 heteroatoms. The van der Waals surface area contributed by atoms with E-state index in [2.05, 4.69) is 0 Å². The van der Waals surface area contributed by atoms with Crippen molar-refractivity contribution in [2.45, 2.75) is 32.9 Å². The highest BCUT2D eigenvalue weighted by Gasteiger charge is 2.16. The molecule has 0 bridgehead atoms. The zero-order valence-corrected chi connectivity index (χ0v) is 9.82. The molecule has 0 aliphatic rings. The van der Waals surface area contributed by atoms with Gasteiger partial charge in [-0.05, 0) is 27.8 Å². The van der Waals surface area contributed by atoms with Gasteiger partial charge in [-0.3, -0.25) is 9.69 Å². The van der Waals surface area contributed by atoms with Crippen molar-refractivity contribution >= 4 is 5.91 Å². The topological polar surface area (TPSA) is 43.8 Å². The van der Waals surface area contributed by atoms with Crippen molar-refractivity contribution in [1.29, 1.82) is 0 Å². The van der Waals surface area contributed by atoms with Gasteiger partial charge in [0.15, 0.2) is 0 Å². The van der Waals surface area contributed by atoms with Crippen LogP contribution in [0.2, 0.25) is 0 Å². The molecule has 0 aromatic carbocycles. The molecule has 1 atom stereocenters. The van der Waals surface area contributed by atoms with E-state index in [0.717, 1.165) is 0 Å². The van der Waals surface area contributed by atoms with Gasteiger partial charge in [-0.25, -0.2) is 0 Å². The first-order chi connectivity index (χ1) is 6.40. The third-order valence-corrected chi connectivity index (χ3v) is 2.57. The summed E-state index contributed by atoms with van der Waals surface area (Å²) in [6.45, 7) is 6.29. The van der Waals surface area contributed by atoms with E-state index in [1.807, 2.05) is 32.7 Å². The smallest absolute Gasteiger partial charge is 0.236 e. The fraction of sp³-hybridized carbons (Fsp3) is 0.900. The van der Waals surface area contributed by atoms with Crippen LogP contribution in [0.25, 0.3) is 0 Å². The third kappa shape index (κ3) is 4.07. The van der Waals surface area contributed by atoms with Crippen molar-refractivity contribution in [2.75, 3.05) is 27.2 Å². The Kier molecular flexibility index (Phi) is 5.72. The van der Waals surface area contributed by atoms with Gasteiger partial charge in [0.2, 0.25) is 5.91 Å². The number of carbonyl (C=O) groups is 1. The molecule has 0 aromatic rings. The predicted molar refractivity (Wildman–Crippen MR) is 57.1 cm³/mol. The van der Waals surface area contributed by atoms with E-state index in [1.165, 1.54) is 0 Å². The molecule has 1 N–H and O–H groups in total. The van der Waals surface area contributed by atoms with E-state index in [-0.39, 0.29) is 24.6 Å². The van der Waals surface area contributed by atoms with E-state index in [4.69, 9.17) is 5.11 Å². The van der Waals surface area contributed by atoms with Gasteiger partial charge in [-0.2, -0.15) is 0 Å². The molecule has 0 aliphatic heterocycles. The van der Waals surface area contributed by atoms with Crippen molar-refractivity contribution in [3.05, 3.63) is 0 Å². The number of carbonyl (C=O) groups excluding carboxylic acids is 1. The van der Waals surface area contributed by atoms with E-state index < -0.39 is 0 Å². The average molecular weight is 202 g/mol. The molecule has 14 heavy (non-hydrogen) atoms. The Balaban J connectivity index is 4.05. The molecule has 0 fully saturated rings. The standard InChI is InChI=1S/C10H22N2O2/c1-8(2)12(5)10(14)6-11(4)9(3)7-13/h8-9,13H,6-7H2,1-5H3. The van der Waals surface area contributed by atoms with Crippen LogP contribution in [0.15, 0.2) is 0 Å². The van der Waals surface area contributed by atoms with Crippen molar-refractivity contribution < 1.29 is 9.90 Å². The number of nitrogens with zero attached hydrogens (tertiary/aromatic N) is 2. The lowest BCUT2D eigenvalue weighted by Crippen LogP contribution is -2.43. The van der Waals surface area contributed by atoms with Gasteiger partial charge >= 0.3 is 0 Å². The molecule has 0 saturated heterocycles. The molecule has 1 unspecified atom stereocenters. The summed E-state index contributed by atoms with van der Waals surface area (Å²) >= 11 is 0. The quantitative estimate of drug-likeness (QED) is 0.691. The van der Waals surface area contributed by atoms with Crippen LogP contribution in [0.4, 0.5) is 0 Å². The van der Waals surface area contributed by atoms with Crippen molar-refractivity contribution in [1.82, 2.24) is 9.80 Å². The summed E-state index contributed by atoms with van der Waals surface area (Å²) in [4.78, 5) is 15.2. The van der Waals surface area contributed by atoms with E-state index in [0.29, 0.717) is 6.54 Å². The van der Waals surface area contributed by atoms with Crippen LogP contribution in [-0.4, -0.2) is 60.1 Å². The first kappa shape index (κ1) is 13.4. The summed E-state index contributed by atoms with van der Waals surface area (Å²) in [6, 6.07) is 0.250. The Morgan fingerprint density at radius 1 is 1.29 bits per heavy atom. The van der Waals surface area contributed by atoms with Crippen LogP contribution in [0.1, 0.15) is 20.8 Å². The van der Waals surface area contributed by atoms with Gasteiger partial charge in [-0.15, -0.1) is 0 Å². The lowest BCUT2D eigenvalue weighted by Gasteiger charge is -2.27. The van der Waals surface area contributed by atoms with Crippen LogP contribution in [0.5, 0.6) is 0 Å². The third-order valence-electron chi connectivity index (χ3n) is 2.57. The Morgan fingerprint density at radius 2 is 1.79 bits per heavy atom. The second-order valence-corrected chi connectivity index (χ2v) is 4.05. The first-order valence-electron chi connectivity index (χ1n) is 4.96. The highest BCUT2D eigenvalue weighted by Crippen LogP contribution is 1.99. The molecule has 84 valence electrons. The number of rotatable bonds is 5. The van der Waals surface area contributed by atoms with Gasteiger partial charge < -0.3 is 10.0 Å². The molecule has 0 aromatic heterocycles. The molecule has 0 rings (SSSR count). The molecular formula is C10H22N2O2. The molecule has 0 spiro atoms. The predicted octanol–water partition coefficient (Wildman–Crippen LogP) is 0.166. The summed E-state index contributed by atoms with van der Waals surface area (Å²) in [5.41, 5.74) is 0. The first-order valence-corrected chi connectivity index (χ1v) is 4.96. The second kappa shape index (κ2) is 5.98. The number of hydrogen-bond donors (Lipinski definition) is 1. The molecular weight excluding hydrogens is 180 g/mol. The summed E-state index contributed by atoms with van der Waals surface area (Å²) in [6.07, 6.45) is 0. The highest BCUT2D eigenvalue weighted by atomic mass is 16.3. The number of aliphatic hydroxyl groups excluding tert-OH is 1. The zero-order chi connectivity index (χ0) is 11.3. The Bertz CT molecular complexity index is 183. The summed E-state index contributed by atoms with van der Waals surface area (Å²) in [5.74, 6) is 0.0859. The molecule has 4 nitrogen and oxygen atoms in total. The van der Waals surface area contributed by atoms with E-state index >= 15 is 0 Å². The zero-order valence-electron chi connectivity index (χ0n) is 9.82. The molecule has 0 radical (unpaired) electrons. The lowest BCUT2D eigenvalue weighted by atomic mass is 10.3. The van der Waals surface area contributed by atoms with Crippen molar-refractivity contribution in [2.24, 2.45) is 0 Å². The fourth-order valence-electron chi connectivity index (χ4n) is 0.908. The van der Waals surface area contributed by atoms with Crippen LogP contribution >= 0.6 is 0 Å². The van der Waals surface area contributed by atoms with Crippen molar-refractivity contribution in [3.8, 4) is 0 Å². The molecule has 0 heterocycles. The highest BCUT2D eigenvalue weighted by molar-refractivity contribution is 5.78. The Morgan fingerprint density at radius 3 is 2.14 bits per heavy atom. The largest absolute Gasteiger partial charge is 0.395 e. The normalized spacial score (nSPS) is 13.4. The molecule has 1 amide bonds. The second-order valence-electron chi connectivity index (χ2n) is 4.05. The van der Waals surface area contributed by atoms with Crippen molar-refractivity contribution in [3.63, 3.8) is 0 Å². The summed E-state index contributed by atoms with van der Waals surface area (Å²) in [5, 5.41) is 8.90. The fourth-order valence-corrected chi connectivity index (χ4v) is 0.908. The lowest BCUT2D eigenvalue weighted by molar-refractivity contribution is -0.132. The maximum absolute atomic E-state index is 11.6. The van der Waals surface area contributed by atoms with Crippen LogP contribution in [-0.2, 0) is 4.79 Å². The number of aliphatic hydroxyl groups is 1. The Hall–Kier alpha value is -0.610. The van der Waals surface area contributed by atoms with Gasteiger partial charge in [0.05, 0.1) is 13.2 Å². The maximum Gasteiger partial charge on any atom is 0.236 e. The number of hydrogen-bond acceptors (Lipinski definition) is 3. The van der Waals surface area contributed by atoms with Gasteiger partial charge in [-0.1, -0.05) is 0 Å². The minimum Gasteiger partial charge on any atom is -0.395 e. The minimum absolute atomic E-state index is 0.0273. The van der Waals surface area contributed by atoms with E-state index in [9.17, 15) is 4.79 Å².